The maximum atomic E-state index is 12.7. The number of nitrogens with two attached hydrogens (primary N) is 1. The lowest BCUT2D eigenvalue weighted by Crippen LogP contribution is -2.54. The van der Waals surface area contributed by atoms with Gasteiger partial charge in [0, 0.05) is 52.4 Å². The molecule has 238 valence electrons. The van der Waals surface area contributed by atoms with Crippen LogP contribution in [0.3, 0.4) is 0 Å². The van der Waals surface area contributed by atoms with E-state index in [1.807, 2.05) is 14.7 Å². The summed E-state index contributed by atoms with van der Waals surface area (Å²) < 4.78 is 16.5. The molecule has 1 aliphatic rings. The number of carbonyl (C=O) groups is 4. The number of aliphatic carboxylic acids is 1. The Morgan fingerprint density at radius 1 is 0.585 bits per heavy atom. The van der Waals surface area contributed by atoms with Crippen LogP contribution in [-0.2, 0) is 33.4 Å². The van der Waals surface area contributed by atoms with Gasteiger partial charge >= 0.3 is 23.9 Å². The molecule has 1 saturated heterocycles. The molecule has 1 fully saturated rings. The number of carboxylic acid groups (broad SMARTS) is 1. The number of esters is 3. The molecule has 0 bridgehead atoms. The highest BCUT2D eigenvalue weighted by Crippen LogP contribution is 2.11. The lowest BCUT2D eigenvalue weighted by molar-refractivity contribution is -0.158. The highest BCUT2D eigenvalue weighted by Gasteiger charge is 2.27. The van der Waals surface area contributed by atoms with Crippen molar-refractivity contribution in [1.29, 1.82) is 0 Å². The molecule has 13 nitrogen and oxygen atoms in total. The summed E-state index contributed by atoms with van der Waals surface area (Å²) in [5.41, 5.74) is 4.07. The van der Waals surface area contributed by atoms with Crippen LogP contribution in [0.4, 0.5) is 0 Å². The molecule has 0 radical (unpaired) electrons. The van der Waals surface area contributed by atoms with Gasteiger partial charge in [0.2, 0.25) is 0 Å². The molecule has 1 rings (SSSR count). The van der Waals surface area contributed by atoms with Crippen molar-refractivity contribution in [2.24, 2.45) is 5.73 Å². The molecular formula is C28H53N5O8. The molecule has 0 spiro atoms. The smallest absolute Gasteiger partial charge is 0.335 e. The first-order valence-corrected chi connectivity index (χ1v) is 14.2. The van der Waals surface area contributed by atoms with Crippen molar-refractivity contribution in [2.45, 2.75) is 85.3 Å². The van der Waals surface area contributed by atoms with Crippen LogP contribution in [0.1, 0.15) is 62.3 Å². The minimum absolute atomic E-state index is 0.00152. The summed E-state index contributed by atoms with van der Waals surface area (Å²) in [5, 5.41) is 9.61. The first kappa shape index (κ1) is 36.7. The Morgan fingerprint density at radius 3 is 1.05 bits per heavy atom. The van der Waals surface area contributed by atoms with Gasteiger partial charge in [-0.1, -0.05) is 0 Å². The van der Waals surface area contributed by atoms with Crippen molar-refractivity contribution >= 4 is 23.9 Å². The fourth-order valence-corrected chi connectivity index (χ4v) is 4.13. The van der Waals surface area contributed by atoms with Crippen molar-refractivity contribution in [2.75, 3.05) is 72.0 Å². The van der Waals surface area contributed by atoms with E-state index in [9.17, 15) is 24.3 Å². The molecule has 0 saturated carbocycles. The van der Waals surface area contributed by atoms with Gasteiger partial charge in [0.25, 0.3) is 0 Å². The van der Waals surface area contributed by atoms with E-state index >= 15 is 0 Å². The lowest BCUT2D eigenvalue weighted by Gasteiger charge is -2.35. The largest absolute Gasteiger partial charge is 0.479 e. The molecular weight excluding hydrogens is 534 g/mol. The average Bonchev–Trinajstić information content (AvgIpc) is 2.74. The Balaban J connectivity index is 3.20. The molecule has 0 aromatic rings. The van der Waals surface area contributed by atoms with Gasteiger partial charge < -0.3 is 25.1 Å². The maximum absolute atomic E-state index is 12.7. The third-order valence-electron chi connectivity index (χ3n) is 5.84. The van der Waals surface area contributed by atoms with Crippen LogP contribution >= 0.6 is 0 Å². The van der Waals surface area contributed by atoms with E-state index in [0.29, 0.717) is 39.3 Å². The molecule has 0 aromatic heterocycles. The Morgan fingerprint density at radius 2 is 0.829 bits per heavy atom. The molecule has 1 atom stereocenters. The SMILES string of the molecule is CC(C)(C)OC(=O)CN1CCN(CC(=O)OC(C)(C)C)CCN(C(N)C(=O)O)CCN(CC(=O)OC(C)(C)C)CC1. The Bertz CT molecular complexity index is 832. The van der Waals surface area contributed by atoms with E-state index in [4.69, 9.17) is 19.9 Å². The van der Waals surface area contributed by atoms with Crippen LogP contribution in [-0.4, -0.2) is 144 Å². The molecule has 0 aliphatic carbocycles. The van der Waals surface area contributed by atoms with E-state index in [2.05, 4.69) is 0 Å². The predicted octanol–water partition coefficient (Wildman–Crippen LogP) is 0.603. The van der Waals surface area contributed by atoms with Gasteiger partial charge in [-0.25, -0.2) is 4.79 Å². The van der Waals surface area contributed by atoms with Gasteiger partial charge in [-0.05, 0) is 62.3 Å². The van der Waals surface area contributed by atoms with Crippen molar-refractivity contribution in [1.82, 2.24) is 19.6 Å². The first-order chi connectivity index (χ1) is 18.6. The normalized spacial score (nSPS) is 19.0. The second-order valence-electron chi connectivity index (χ2n) is 13.4. The van der Waals surface area contributed by atoms with Crippen molar-refractivity contribution in [3.05, 3.63) is 0 Å². The summed E-state index contributed by atoms with van der Waals surface area (Å²) >= 11 is 0. The second-order valence-corrected chi connectivity index (χ2v) is 13.4. The molecule has 0 amide bonds. The molecule has 1 unspecified atom stereocenters. The van der Waals surface area contributed by atoms with E-state index in [0.717, 1.165) is 0 Å². The summed E-state index contributed by atoms with van der Waals surface area (Å²) in [7, 11) is 0. The number of rotatable bonds is 8. The van der Waals surface area contributed by atoms with Gasteiger partial charge in [0.05, 0.1) is 19.6 Å². The number of carboxylic acids is 1. The summed E-state index contributed by atoms with van der Waals surface area (Å²) in [6, 6.07) is 0. The van der Waals surface area contributed by atoms with Crippen LogP contribution in [0.25, 0.3) is 0 Å². The highest BCUT2D eigenvalue weighted by molar-refractivity contribution is 5.73. The van der Waals surface area contributed by atoms with E-state index < -0.39 is 40.9 Å². The quantitative estimate of drug-likeness (QED) is 0.301. The fourth-order valence-electron chi connectivity index (χ4n) is 4.13. The zero-order valence-corrected chi connectivity index (χ0v) is 26.5. The van der Waals surface area contributed by atoms with Crippen molar-refractivity contribution < 1.29 is 38.5 Å². The monoisotopic (exact) mass is 587 g/mol. The minimum Gasteiger partial charge on any atom is -0.479 e. The molecule has 1 aliphatic heterocycles. The Kier molecular flexibility index (Phi) is 14.1. The third-order valence-corrected chi connectivity index (χ3v) is 5.84. The Labute approximate surface area is 245 Å². The number of hydrogen-bond acceptors (Lipinski definition) is 12. The van der Waals surface area contributed by atoms with Gasteiger partial charge in [0.1, 0.15) is 16.8 Å². The van der Waals surface area contributed by atoms with Gasteiger partial charge in [0.15, 0.2) is 6.17 Å². The van der Waals surface area contributed by atoms with Crippen LogP contribution in [0.5, 0.6) is 0 Å². The first-order valence-electron chi connectivity index (χ1n) is 14.2. The average molecular weight is 588 g/mol. The van der Waals surface area contributed by atoms with Crippen LogP contribution in [0.15, 0.2) is 0 Å². The number of nitrogens with zero attached hydrogens (tertiary/aromatic N) is 4. The summed E-state index contributed by atoms with van der Waals surface area (Å²) in [4.78, 5) is 57.1. The van der Waals surface area contributed by atoms with E-state index in [1.54, 1.807) is 67.2 Å². The molecule has 1 heterocycles. The lowest BCUT2D eigenvalue weighted by atomic mass is 10.2. The molecule has 13 heteroatoms. The van der Waals surface area contributed by atoms with Gasteiger partial charge in [-0.15, -0.1) is 0 Å². The number of ether oxygens (including phenoxy) is 3. The zero-order chi connectivity index (χ0) is 31.6. The fraction of sp³-hybridized carbons (Fsp3) is 0.857. The van der Waals surface area contributed by atoms with E-state index in [1.165, 1.54) is 0 Å². The second kappa shape index (κ2) is 15.8. The molecule has 41 heavy (non-hydrogen) atoms. The number of hydrogen-bond donors (Lipinski definition) is 2. The standard InChI is InChI=1S/C28H53N5O8/c1-26(2,3)39-21(34)18-30-10-12-31(19-22(35)40-27(4,5)6)14-16-33(24(29)25(37)38)17-15-32(13-11-30)20-23(36)41-28(7,8)9/h24H,10-20,29H2,1-9H3,(H,37,38). The number of carbonyl (C=O) groups excluding carboxylic acids is 3. The minimum atomic E-state index is -1.26. The Hall–Kier alpha value is -2.32. The zero-order valence-electron chi connectivity index (χ0n) is 26.5. The van der Waals surface area contributed by atoms with Crippen molar-refractivity contribution in [3.63, 3.8) is 0 Å². The summed E-state index contributed by atoms with van der Waals surface area (Å²) in [6.07, 6.45) is -1.26. The van der Waals surface area contributed by atoms with Crippen LogP contribution in [0.2, 0.25) is 0 Å². The third kappa shape index (κ3) is 17.3. The van der Waals surface area contributed by atoms with Gasteiger partial charge in [-0.2, -0.15) is 0 Å². The summed E-state index contributed by atoms with van der Waals surface area (Å²) in [5.74, 6) is -2.35. The van der Waals surface area contributed by atoms with Crippen LogP contribution in [0, 0.1) is 0 Å². The maximum Gasteiger partial charge on any atom is 0.335 e. The van der Waals surface area contributed by atoms with E-state index in [-0.39, 0.29) is 38.7 Å². The molecule has 0 aromatic carbocycles. The predicted molar refractivity (Wildman–Crippen MR) is 154 cm³/mol. The van der Waals surface area contributed by atoms with Crippen LogP contribution < -0.4 is 5.73 Å². The topological polar surface area (TPSA) is 155 Å². The summed E-state index contributed by atoms with van der Waals surface area (Å²) in [6.45, 7) is 19.1. The molecule has 3 N–H and O–H groups in total. The highest BCUT2D eigenvalue weighted by atomic mass is 16.6. The van der Waals surface area contributed by atoms with Gasteiger partial charge in [-0.3, -0.25) is 34.0 Å². The van der Waals surface area contributed by atoms with Crippen molar-refractivity contribution in [3.8, 4) is 0 Å².